The Morgan fingerprint density at radius 1 is 0.951 bits per heavy atom. The minimum absolute atomic E-state index is 0.0134. The molecule has 0 spiro atoms. The summed E-state index contributed by atoms with van der Waals surface area (Å²) in [6.07, 6.45) is -4.66. The van der Waals surface area contributed by atoms with Crippen LogP contribution in [0.1, 0.15) is 32.1 Å². The van der Waals surface area contributed by atoms with Gasteiger partial charge in [0.1, 0.15) is 41.0 Å². The van der Waals surface area contributed by atoms with Crippen LogP contribution in [0.3, 0.4) is 0 Å². The number of carbonyl (C=O) groups is 2. The monoisotopic (exact) mass is 925 g/mol. The summed E-state index contributed by atoms with van der Waals surface area (Å²) in [6, 6.07) is 11.3. The molecule has 2 aliphatic rings. The summed E-state index contributed by atoms with van der Waals surface area (Å²) in [5.41, 5.74) is 8.10. The smallest absolute Gasteiger partial charge is 0.422 e. The first-order chi connectivity index (χ1) is 28.7. The maximum Gasteiger partial charge on any atom is 0.488 e. The Kier molecular flexibility index (Phi) is 12.5. The number of amides is 2. The molecule has 27 heteroatoms. The molecule has 6 unspecified atom stereocenters. The Hall–Kier alpha value is -4.38. The van der Waals surface area contributed by atoms with Crippen molar-refractivity contribution in [3.63, 3.8) is 0 Å². The SMILES string of the molecule is CCN(CC)c1ccc2c(C)c(-c3ccc(N4C(=O)CC(SP(=O)(O)OP(=O)(O)OP(=O)(O)OC[C@@H]5O[C@H](n6cnc7c(N)ncnc76)C(O)C5O)C4=O)cc3)c(=O)oc2c1. The lowest BCUT2D eigenvalue weighted by atomic mass is 9.99. The van der Waals surface area contributed by atoms with E-state index < -0.39 is 82.7 Å². The lowest BCUT2D eigenvalue weighted by molar-refractivity contribution is -0.121. The zero-order valence-electron chi connectivity index (χ0n) is 32.1. The van der Waals surface area contributed by atoms with E-state index in [2.05, 4.69) is 33.0 Å². The predicted octanol–water partition coefficient (Wildman–Crippen LogP) is 3.37. The third-order valence-electron chi connectivity index (χ3n) is 9.87. The van der Waals surface area contributed by atoms with Crippen LogP contribution in [0.25, 0.3) is 33.3 Å². The fraction of sp³-hybridized carbons (Fsp3) is 0.353. The predicted molar refractivity (Wildman–Crippen MR) is 218 cm³/mol. The van der Waals surface area contributed by atoms with Crippen LogP contribution in [0.2, 0.25) is 0 Å². The van der Waals surface area contributed by atoms with E-state index in [0.717, 1.165) is 30.0 Å². The zero-order chi connectivity index (χ0) is 44.2. The molecule has 0 aliphatic carbocycles. The van der Waals surface area contributed by atoms with Gasteiger partial charge in [0.25, 0.3) is 0 Å². The number of phosphoric acid groups is 2. The van der Waals surface area contributed by atoms with Crippen LogP contribution >= 0.6 is 33.8 Å². The van der Waals surface area contributed by atoms with E-state index in [1.807, 2.05) is 26.0 Å². The van der Waals surface area contributed by atoms with Crippen LogP contribution in [0.4, 0.5) is 17.2 Å². The maximum absolute atomic E-state index is 13.3. The van der Waals surface area contributed by atoms with Gasteiger partial charge >= 0.3 is 28.1 Å². The summed E-state index contributed by atoms with van der Waals surface area (Å²) >= 11 is -0.192. The van der Waals surface area contributed by atoms with E-state index in [0.29, 0.717) is 22.1 Å². The maximum atomic E-state index is 13.3. The van der Waals surface area contributed by atoms with E-state index >= 15 is 0 Å². The number of phosphoric ester groups is 1. The number of aryl methyl sites for hydroxylation is 1. The van der Waals surface area contributed by atoms with Crippen LogP contribution < -0.4 is 21.2 Å². The number of nitrogens with zero attached hydrogens (tertiary/aromatic N) is 6. The zero-order valence-corrected chi connectivity index (χ0v) is 35.6. The second kappa shape index (κ2) is 17.1. The van der Waals surface area contributed by atoms with E-state index in [4.69, 9.17) is 14.9 Å². The van der Waals surface area contributed by atoms with E-state index in [9.17, 15) is 53.0 Å². The molecule has 7 N–H and O–H groups in total. The molecule has 2 amide bonds. The molecule has 8 atom stereocenters. The quantitative estimate of drug-likeness (QED) is 0.0498. The van der Waals surface area contributed by atoms with Crippen LogP contribution in [0, 0.1) is 6.92 Å². The van der Waals surface area contributed by atoms with Crippen LogP contribution in [0.5, 0.6) is 0 Å². The number of imide groups is 1. The molecular formula is C34H38N7O16P3S. The Balaban J connectivity index is 0.966. The standard InChI is InChI=1S/C34H38N7O16P3S/c1-4-39(5-2)20-10-11-21-17(3)26(34(46)55-22(21)12-20)18-6-8-19(9-7-18)41-25(42)13-24(32(41)45)61-60(51,52)57-59(49,50)56-58(47,48)53-14-23-28(43)29(44)33(54-23)40-16-38-27-30(35)36-15-37-31(27)40/h6-12,15-16,23-24,28-29,33,43-44H,4-5,13-14H2,1-3H3,(H,47,48)(H,49,50)(H,51,52)(H2,35,36,37)/t23-,24?,28?,29?,33-/m0/s1. The average Bonchev–Trinajstić information content (AvgIpc) is 3.82. The Morgan fingerprint density at radius 2 is 1.66 bits per heavy atom. The normalized spacial score (nSPS) is 23.7. The van der Waals surface area contributed by atoms with Gasteiger partial charge in [-0.25, -0.2) is 38.3 Å². The first-order valence-corrected chi connectivity index (χ1v) is 24.3. The number of fused-ring (bicyclic) bond motifs is 2. The Labute approximate surface area is 348 Å². The van der Waals surface area contributed by atoms with Gasteiger partial charge in [0.2, 0.25) is 11.8 Å². The topological polar surface area (TPSA) is 330 Å². The number of imidazole rings is 1. The van der Waals surface area contributed by atoms with Crippen molar-refractivity contribution in [1.29, 1.82) is 0 Å². The third-order valence-corrected chi connectivity index (χ3v) is 16.7. The molecule has 0 radical (unpaired) electrons. The summed E-state index contributed by atoms with van der Waals surface area (Å²) in [5.74, 6) is -1.79. The molecular weight excluding hydrogens is 887 g/mol. The second-order valence-electron chi connectivity index (χ2n) is 13.6. The highest BCUT2D eigenvalue weighted by Gasteiger charge is 2.49. The van der Waals surface area contributed by atoms with Gasteiger partial charge in [0.15, 0.2) is 17.7 Å². The molecule has 0 bridgehead atoms. The summed E-state index contributed by atoms with van der Waals surface area (Å²) < 4.78 is 63.8. The number of rotatable bonds is 15. The minimum Gasteiger partial charge on any atom is -0.422 e. The van der Waals surface area contributed by atoms with E-state index in [1.54, 1.807) is 13.0 Å². The van der Waals surface area contributed by atoms with Gasteiger partial charge in [0.05, 0.1) is 24.2 Å². The Morgan fingerprint density at radius 3 is 2.34 bits per heavy atom. The molecule has 5 heterocycles. The lowest BCUT2D eigenvalue weighted by Crippen LogP contribution is -2.33. The number of nitrogen functional groups attached to an aromatic ring is 1. The van der Waals surface area contributed by atoms with Crippen LogP contribution in [-0.2, 0) is 41.2 Å². The number of aromatic nitrogens is 4. The number of aliphatic hydroxyl groups excluding tert-OH is 2. The molecule has 61 heavy (non-hydrogen) atoms. The van der Waals surface area contributed by atoms with Gasteiger partial charge in [-0.15, -0.1) is 0 Å². The number of ether oxygens (including phenoxy) is 1. The number of nitrogens with two attached hydrogens (primary N) is 1. The van der Waals surface area contributed by atoms with Gasteiger partial charge in [-0.05, 0) is 67.5 Å². The molecule has 2 fully saturated rings. The molecule has 326 valence electrons. The van der Waals surface area contributed by atoms with Crippen molar-refractivity contribution in [2.75, 3.05) is 35.2 Å². The number of hydrogen-bond acceptors (Lipinski definition) is 19. The first kappa shape index (κ1) is 44.7. The molecule has 0 saturated carbocycles. The number of anilines is 3. The number of aliphatic hydroxyl groups is 2. The molecule has 7 rings (SSSR count). The highest BCUT2D eigenvalue weighted by Crippen LogP contribution is 2.72. The van der Waals surface area contributed by atoms with Gasteiger partial charge in [-0.3, -0.25) is 18.7 Å². The van der Waals surface area contributed by atoms with Crippen LogP contribution in [-0.4, -0.2) is 99.5 Å². The molecule has 3 aromatic heterocycles. The third kappa shape index (κ3) is 9.09. The van der Waals surface area contributed by atoms with Gasteiger partial charge in [-0.2, -0.15) is 8.62 Å². The molecule has 5 aromatic rings. The summed E-state index contributed by atoms with van der Waals surface area (Å²) in [4.78, 5) is 85.0. The molecule has 2 aromatic carbocycles. The Bertz CT molecular complexity index is 2730. The fourth-order valence-electron chi connectivity index (χ4n) is 7.00. The fourth-order valence-corrected chi connectivity index (χ4v) is 13.4. The minimum atomic E-state index is -5.95. The van der Waals surface area contributed by atoms with Gasteiger partial charge in [-0.1, -0.05) is 12.1 Å². The average molecular weight is 926 g/mol. The summed E-state index contributed by atoms with van der Waals surface area (Å²) in [6.45, 7) is 0.867. The number of benzene rings is 2. The van der Waals surface area contributed by atoms with Crippen molar-refractivity contribution in [3.05, 3.63) is 71.1 Å². The molecule has 23 nitrogen and oxygen atoms in total. The molecule has 2 saturated heterocycles. The first-order valence-electron chi connectivity index (χ1n) is 18.2. The van der Waals surface area contributed by atoms with E-state index in [1.165, 1.54) is 35.2 Å². The van der Waals surface area contributed by atoms with Crippen molar-refractivity contribution in [2.45, 2.75) is 57.0 Å². The van der Waals surface area contributed by atoms with Crippen LogP contribution in [0.15, 0.2) is 64.3 Å². The van der Waals surface area contributed by atoms with Crippen molar-refractivity contribution in [2.24, 2.45) is 0 Å². The largest absolute Gasteiger partial charge is 0.488 e. The highest BCUT2D eigenvalue weighted by molar-refractivity contribution is 8.55. The lowest BCUT2D eigenvalue weighted by Gasteiger charge is -2.21. The van der Waals surface area contributed by atoms with Crippen molar-refractivity contribution < 1.29 is 70.5 Å². The summed E-state index contributed by atoms with van der Waals surface area (Å²) in [5, 5.41) is 20.2. The highest BCUT2D eigenvalue weighted by atomic mass is 32.7. The number of carbonyl (C=O) groups excluding carboxylic acids is 2. The number of hydrogen-bond donors (Lipinski definition) is 6. The second-order valence-corrected chi connectivity index (χ2v) is 20.8. The van der Waals surface area contributed by atoms with Crippen molar-refractivity contribution >= 4 is 85.0 Å². The van der Waals surface area contributed by atoms with Gasteiger partial charge < -0.3 is 44.7 Å². The van der Waals surface area contributed by atoms with Crippen molar-refractivity contribution in [3.8, 4) is 11.1 Å². The van der Waals surface area contributed by atoms with E-state index in [-0.39, 0.29) is 39.6 Å². The summed E-state index contributed by atoms with van der Waals surface area (Å²) in [7, 11) is -11.6. The molecule has 2 aliphatic heterocycles. The van der Waals surface area contributed by atoms with Crippen molar-refractivity contribution in [1.82, 2.24) is 19.5 Å². The van der Waals surface area contributed by atoms with Gasteiger partial charge in [0, 0.05) is 36.7 Å².